The molecule has 4 rings (SSSR count). The molecule has 0 aliphatic carbocycles. The molecule has 1 aromatic heterocycles. The molecule has 1 amide bonds. The van der Waals surface area contributed by atoms with Gasteiger partial charge >= 0.3 is 5.97 Å². The van der Waals surface area contributed by atoms with Gasteiger partial charge in [-0.3, -0.25) is 9.78 Å². The third-order valence-electron chi connectivity index (χ3n) is 4.87. The van der Waals surface area contributed by atoms with Crippen LogP contribution in [0.15, 0.2) is 78.0 Å². The van der Waals surface area contributed by atoms with Crippen molar-refractivity contribution in [3.8, 4) is 0 Å². The molecule has 0 spiro atoms. The number of pyridine rings is 1. The van der Waals surface area contributed by atoms with Crippen LogP contribution in [0.5, 0.6) is 0 Å². The van der Waals surface area contributed by atoms with Gasteiger partial charge in [-0.2, -0.15) is 0 Å². The van der Waals surface area contributed by atoms with Crippen LogP contribution in [0.2, 0.25) is 0 Å². The van der Waals surface area contributed by atoms with Crippen molar-refractivity contribution in [3.63, 3.8) is 0 Å². The van der Waals surface area contributed by atoms with Crippen molar-refractivity contribution in [2.24, 2.45) is 4.99 Å². The van der Waals surface area contributed by atoms with E-state index in [1.54, 1.807) is 24.5 Å². The molecule has 30 heavy (non-hydrogen) atoms. The summed E-state index contributed by atoms with van der Waals surface area (Å²) in [6.45, 7) is 3.88. The highest BCUT2D eigenvalue weighted by molar-refractivity contribution is 6.06. The van der Waals surface area contributed by atoms with E-state index in [4.69, 9.17) is 4.74 Å². The molecule has 0 saturated carbocycles. The molecule has 6 heteroatoms. The number of nitrogens with one attached hydrogen (secondary N) is 1. The number of carbonyl (C=O) groups is 2. The molecule has 6 nitrogen and oxygen atoms in total. The summed E-state index contributed by atoms with van der Waals surface area (Å²) in [5.41, 5.74) is 3.95. The summed E-state index contributed by atoms with van der Waals surface area (Å²) in [5, 5.41) is 2.97. The van der Waals surface area contributed by atoms with Gasteiger partial charge in [0.05, 0.1) is 6.04 Å². The van der Waals surface area contributed by atoms with E-state index in [9.17, 15) is 9.59 Å². The van der Waals surface area contributed by atoms with Crippen LogP contribution >= 0.6 is 0 Å². The minimum Gasteiger partial charge on any atom is -0.405 e. The topological polar surface area (TPSA) is 80.7 Å². The third kappa shape index (κ3) is 4.12. The molecule has 3 aromatic rings. The number of carbonyl (C=O) groups excluding carboxylic acids is 2. The number of aliphatic imine (C=N–C) groups is 1. The Morgan fingerprint density at radius 2 is 1.67 bits per heavy atom. The van der Waals surface area contributed by atoms with Crippen molar-refractivity contribution in [1.29, 1.82) is 0 Å². The fourth-order valence-corrected chi connectivity index (χ4v) is 3.53. The molecule has 0 saturated heterocycles. The Hall–Kier alpha value is -3.80. The number of ether oxygens (including phenoxy) is 1. The van der Waals surface area contributed by atoms with Gasteiger partial charge in [-0.05, 0) is 55.8 Å². The number of nitrogens with zero attached hydrogens (tertiary/aromatic N) is 2. The zero-order chi connectivity index (χ0) is 21.1. The predicted octanol–water partition coefficient (Wildman–Crippen LogP) is 3.54. The van der Waals surface area contributed by atoms with Crippen molar-refractivity contribution in [2.75, 3.05) is 0 Å². The Morgan fingerprint density at radius 1 is 1.00 bits per heavy atom. The summed E-state index contributed by atoms with van der Waals surface area (Å²) in [4.78, 5) is 34.3. The fraction of sp³-hybridized carbons (Fsp3) is 0.167. The van der Waals surface area contributed by atoms with Crippen molar-refractivity contribution < 1.29 is 14.3 Å². The largest absolute Gasteiger partial charge is 0.405 e. The van der Waals surface area contributed by atoms with Crippen LogP contribution in [0.1, 0.15) is 38.7 Å². The molecule has 2 atom stereocenters. The molecule has 0 bridgehead atoms. The van der Waals surface area contributed by atoms with Crippen molar-refractivity contribution in [3.05, 3.63) is 101 Å². The highest BCUT2D eigenvalue weighted by Crippen LogP contribution is 2.26. The maximum absolute atomic E-state index is 13.0. The van der Waals surface area contributed by atoms with Gasteiger partial charge in [0, 0.05) is 23.5 Å². The van der Waals surface area contributed by atoms with Crippen LogP contribution < -0.4 is 5.32 Å². The standard InChI is InChI=1S/C24H21N3O3/c1-15-12-16(2)14-19(13-15)22(28)26-20(17-8-10-25-11-9-17)21-24(29)30-23(27-21)18-6-4-3-5-7-18/h3-14,20-21H,1-2H3,(H,26,28)/t20-,21+/m0/s1. The first-order valence-electron chi connectivity index (χ1n) is 9.65. The average Bonchev–Trinajstić information content (AvgIpc) is 3.14. The predicted molar refractivity (Wildman–Crippen MR) is 113 cm³/mol. The Bertz CT molecular complexity index is 1090. The minimum absolute atomic E-state index is 0.255. The van der Waals surface area contributed by atoms with E-state index in [1.165, 1.54) is 0 Å². The molecule has 150 valence electrons. The molecule has 2 aromatic carbocycles. The summed E-state index contributed by atoms with van der Waals surface area (Å²) < 4.78 is 5.43. The smallest absolute Gasteiger partial charge is 0.340 e. The van der Waals surface area contributed by atoms with Crippen molar-refractivity contribution in [1.82, 2.24) is 10.3 Å². The lowest BCUT2D eigenvalue weighted by molar-refractivity contribution is -0.135. The highest BCUT2D eigenvalue weighted by atomic mass is 16.6. The second-order valence-corrected chi connectivity index (χ2v) is 7.27. The van der Waals surface area contributed by atoms with Gasteiger partial charge in [0.25, 0.3) is 5.91 Å². The van der Waals surface area contributed by atoms with E-state index in [2.05, 4.69) is 15.3 Å². The number of amides is 1. The van der Waals surface area contributed by atoms with Crippen LogP contribution in [-0.2, 0) is 9.53 Å². The van der Waals surface area contributed by atoms with Gasteiger partial charge in [0.1, 0.15) is 0 Å². The fourth-order valence-electron chi connectivity index (χ4n) is 3.53. The molecular weight excluding hydrogens is 378 g/mol. The summed E-state index contributed by atoms with van der Waals surface area (Å²) in [5.74, 6) is -0.526. The van der Waals surface area contributed by atoms with Crippen LogP contribution in [-0.4, -0.2) is 28.8 Å². The number of benzene rings is 2. The maximum atomic E-state index is 13.0. The van der Waals surface area contributed by atoms with Gasteiger partial charge in [0.15, 0.2) is 6.04 Å². The van der Waals surface area contributed by atoms with Crippen LogP contribution in [0.25, 0.3) is 0 Å². The highest BCUT2D eigenvalue weighted by Gasteiger charge is 2.38. The Balaban J connectivity index is 1.68. The zero-order valence-corrected chi connectivity index (χ0v) is 16.7. The first-order chi connectivity index (χ1) is 14.5. The Kier molecular flexibility index (Phi) is 5.39. The van der Waals surface area contributed by atoms with Gasteiger partial charge < -0.3 is 10.1 Å². The normalized spacial score (nSPS) is 16.5. The molecule has 0 fully saturated rings. The van der Waals surface area contributed by atoms with Crippen molar-refractivity contribution >= 4 is 17.8 Å². The molecule has 0 unspecified atom stereocenters. The lowest BCUT2D eigenvalue weighted by atomic mass is 9.99. The quantitative estimate of drug-likeness (QED) is 0.666. The van der Waals surface area contributed by atoms with Gasteiger partial charge in [-0.15, -0.1) is 0 Å². The van der Waals surface area contributed by atoms with E-state index in [0.29, 0.717) is 11.1 Å². The minimum atomic E-state index is -0.891. The zero-order valence-electron chi connectivity index (χ0n) is 16.7. The Labute approximate surface area is 174 Å². The van der Waals surface area contributed by atoms with Crippen molar-refractivity contribution in [2.45, 2.75) is 25.9 Å². The number of aromatic nitrogens is 1. The molecule has 1 aliphatic heterocycles. The number of esters is 1. The molecule has 1 N–H and O–H groups in total. The lowest BCUT2D eigenvalue weighted by Gasteiger charge is -2.21. The van der Waals surface area contributed by atoms with E-state index < -0.39 is 18.1 Å². The number of hydrogen-bond donors (Lipinski definition) is 1. The first kappa shape index (κ1) is 19.5. The van der Waals surface area contributed by atoms with Gasteiger partial charge in [-0.25, -0.2) is 9.79 Å². The second kappa shape index (κ2) is 8.29. The van der Waals surface area contributed by atoms with Crippen LogP contribution in [0, 0.1) is 13.8 Å². The first-order valence-corrected chi connectivity index (χ1v) is 9.65. The summed E-state index contributed by atoms with van der Waals surface area (Å²) >= 11 is 0. The van der Waals surface area contributed by atoms with Gasteiger partial charge in [-0.1, -0.05) is 35.4 Å². The summed E-state index contributed by atoms with van der Waals surface area (Å²) in [6, 6.07) is 16.8. The number of rotatable bonds is 5. The number of aryl methyl sites for hydroxylation is 2. The van der Waals surface area contributed by atoms with E-state index in [1.807, 2.05) is 62.4 Å². The van der Waals surface area contributed by atoms with Crippen LogP contribution in [0.4, 0.5) is 0 Å². The lowest BCUT2D eigenvalue weighted by Crippen LogP contribution is -2.38. The SMILES string of the molecule is Cc1cc(C)cc(C(=O)N[C@@H](c2ccncc2)[C@H]2N=C(c3ccccc3)OC2=O)c1. The van der Waals surface area contributed by atoms with Gasteiger partial charge in [0.2, 0.25) is 5.90 Å². The molecular formula is C24H21N3O3. The third-order valence-corrected chi connectivity index (χ3v) is 4.87. The molecule has 2 heterocycles. The molecule has 1 aliphatic rings. The number of hydrogen-bond acceptors (Lipinski definition) is 5. The van der Waals surface area contributed by atoms with E-state index >= 15 is 0 Å². The maximum Gasteiger partial charge on any atom is 0.340 e. The van der Waals surface area contributed by atoms with Crippen LogP contribution in [0.3, 0.4) is 0 Å². The average molecular weight is 399 g/mol. The second-order valence-electron chi connectivity index (χ2n) is 7.27. The summed E-state index contributed by atoms with van der Waals surface area (Å²) in [6.07, 6.45) is 3.24. The summed E-state index contributed by atoms with van der Waals surface area (Å²) in [7, 11) is 0. The monoisotopic (exact) mass is 399 g/mol. The number of cyclic esters (lactones) is 1. The molecule has 0 radical (unpaired) electrons. The Morgan fingerprint density at radius 3 is 2.33 bits per heavy atom. The van der Waals surface area contributed by atoms with E-state index in [-0.39, 0.29) is 11.8 Å². The van der Waals surface area contributed by atoms with E-state index in [0.717, 1.165) is 16.7 Å².